The number of hydrogen-bond acceptors (Lipinski definition) is 5. The predicted octanol–water partition coefficient (Wildman–Crippen LogP) is 3.57. The number of aromatic nitrogens is 2. The van der Waals surface area contributed by atoms with Gasteiger partial charge in [-0.2, -0.15) is 4.98 Å². The van der Waals surface area contributed by atoms with Crippen LogP contribution in [0.3, 0.4) is 0 Å². The number of amides is 1. The molecule has 0 bridgehead atoms. The van der Waals surface area contributed by atoms with Gasteiger partial charge in [-0.1, -0.05) is 23.4 Å². The summed E-state index contributed by atoms with van der Waals surface area (Å²) < 4.78 is 45.3. The zero-order chi connectivity index (χ0) is 18.6. The van der Waals surface area contributed by atoms with Gasteiger partial charge in [-0.3, -0.25) is 4.79 Å². The van der Waals surface area contributed by atoms with Gasteiger partial charge in [0.05, 0.1) is 6.54 Å². The molecular weight excluding hydrogens is 351 g/mol. The van der Waals surface area contributed by atoms with Crippen LogP contribution in [0.2, 0.25) is 0 Å². The van der Waals surface area contributed by atoms with E-state index in [0.717, 1.165) is 12.1 Å². The number of nitrogens with zero attached hydrogens (tertiary/aromatic N) is 2. The van der Waals surface area contributed by atoms with E-state index in [1.807, 2.05) is 0 Å². The van der Waals surface area contributed by atoms with Gasteiger partial charge in [-0.25, -0.2) is 0 Å². The van der Waals surface area contributed by atoms with Crippen molar-refractivity contribution in [2.24, 2.45) is 0 Å². The van der Waals surface area contributed by atoms with Crippen molar-refractivity contribution >= 4 is 5.91 Å². The van der Waals surface area contributed by atoms with Gasteiger partial charge in [0.1, 0.15) is 5.75 Å². The van der Waals surface area contributed by atoms with Crippen LogP contribution >= 0.6 is 0 Å². The molecule has 0 saturated carbocycles. The first kappa shape index (κ1) is 17.5. The van der Waals surface area contributed by atoms with Crippen molar-refractivity contribution in [3.8, 4) is 17.1 Å². The zero-order valence-corrected chi connectivity index (χ0v) is 13.2. The van der Waals surface area contributed by atoms with Crippen LogP contribution in [0, 0.1) is 0 Å². The Labute approximate surface area is 145 Å². The quantitative estimate of drug-likeness (QED) is 0.750. The van der Waals surface area contributed by atoms with Crippen molar-refractivity contribution in [1.82, 2.24) is 15.5 Å². The molecule has 0 atom stereocenters. The van der Waals surface area contributed by atoms with Gasteiger partial charge in [0.2, 0.25) is 11.7 Å². The van der Waals surface area contributed by atoms with Crippen LogP contribution in [-0.2, 0) is 6.54 Å². The van der Waals surface area contributed by atoms with Crippen molar-refractivity contribution in [3.63, 3.8) is 0 Å². The fourth-order valence-corrected chi connectivity index (χ4v) is 2.10. The van der Waals surface area contributed by atoms with Crippen LogP contribution in [0.5, 0.6) is 5.75 Å². The summed E-state index contributed by atoms with van der Waals surface area (Å²) in [5.74, 6) is -0.286. The minimum atomic E-state index is -4.75. The number of alkyl halides is 3. The number of carbonyl (C=O) groups is 1. The number of carbonyl (C=O) groups excluding carboxylic acids is 1. The predicted molar refractivity (Wildman–Crippen MR) is 84.0 cm³/mol. The van der Waals surface area contributed by atoms with Gasteiger partial charge >= 0.3 is 6.36 Å². The highest BCUT2D eigenvalue weighted by atomic mass is 19.4. The molecule has 9 heteroatoms. The Morgan fingerprint density at radius 2 is 1.77 bits per heavy atom. The molecule has 0 fully saturated rings. The van der Waals surface area contributed by atoms with E-state index in [1.165, 1.54) is 12.1 Å². The summed E-state index contributed by atoms with van der Waals surface area (Å²) in [4.78, 5) is 16.0. The first-order valence-electron chi connectivity index (χ1n) is 7.43. The lowest BCUT2D eigenvalue weighted by atomic mass is 10.2. The van der Waals surface area contributed by atoms with Crippen molar-refractivity contribution in [2.75, 3.05) is 0 Å². The van der Waals surface area contributed by atoms with E-state index < -0.39 is 6.36 Å². The molecule has 2 aromatic carbocycles. The van der Waals surface area contributed by atoms with Gasteiger partial charge < -0.3 is 14.6 Å². The molecule has 3 aromatic rings. The first-order chi connectivity index (χ1) is 12.4. The van der Waals surface area contributed by atoms with Crippen molar-refractivity contribution in [2.45, 2.75) is 12.9 Å². The summed E-state index contributed by atoms with van der Waals surface area (Å²) in [6, 6.07) is 13.7. The van der Waals surface area contributed by atoms with Crippen LogP contribution in [0.4, 0.5) is 13.2 Å². The van der Waals surface area contributed by atoms with Crippen LogP contribution in [0.1, 0.15) is 16.2 Å². The van der Waals surface area contributed by atoms with Crippen LogP contribution in [-0.4, -0.2) is 22.4 Å². The Morgan fingerprint density at radius 1 is 1.08 bits per heavy atom. The highest BCUT2D eigenvalue weighted by molar-refractivity contribution is 5.93. The minimum absolute atomic E-state index is 0.0238. The highest BCUT2D eigenvalue weighted by Gasteiger charge is 2.31. The van der Waals surface area contributed by atoms with E-state index in [2.05, 4.69) is 20.2 Å². The highest BCUT2D eigenvalue weighted by Crippen LogP contribution is 2.25. The second kappa shape index (κ2) is 7.26. The molecule has 26 heavy (non-hydrogen) atoms. The Balaban J connectivity index is 1.62. The van der Waals surface area contributed by atoms with Crippen LogP contribution in [0.25, 0.3) is 11.4 Å². The Hall–Kier alpha value is -3.36. The second-order valence-electron chi connectivity index (χ2n) is 5.13. The van der Waals surface area contributed by atoms with E-state index >= 15 is 0 Å². The lowest BCUT2D eigenvalue weighted by Crippen LogP contribution is -2.22. The Morgan fingerprint density at radius 3 is 2.42 bits per heavy atom. The Bertz CT molecular complexity index is 878. The second-order valence-corrected chi connectivity index (χ2v) is 5.13. The molecule has 1 heterocycles. The van der Waals surface area contributed by atoms with Gasteiger partial charge in [-0.15, -0.1) is 13.2 Å². The van der Waals surface area contributed by atoms with Gasteiger partial charge in [0.25, 0.3) is 5.91 Å². The molecule has 0 aliphatic carbocycles. The van der Waals surface area contributed by atoms with E-state index in [1.54, 1.807) is 30.3 Å². The zero-order valence-electron chi connectivity index (χ0n) is 13.2. The molecule has 0 aliphatic rings. The Kier molecular flexibility index (Phi) is 4.87. The van der Waals surface area contributed by atoms with E-state index in [-0.39, 0.29) is 29.9 Å². The largest absolute Gasteiger partial charge is 0.573 e. The summed E-state index contributed by atoms with van der Waals surface area (Å²) in [7, 11) is 0. The van der Waals surface area contributed by atoms with Crippen molar-refractivity contribution < 1.29 is 27.2 Å². The molecule has 0 saturated heterocycles. The summed E-state index contributed by atoms with van der Waals surface area (Å²) in [6.45, 7) is 0.0238. The van der Waals surface area contributed by atoms with Crippen molar-refractivity contribution in [3.05, 3.63) is 66.1 Å². The number of hydrogen-bond donors (Lipinski definition) is 1. The number of halogens is 3. The van der Waals surface area contributed by atoms with Crippen LogP contribution in [0.15, 0.2) is 59.1 Å². The lowest BCUT2D eigenvalue weighted by molar-refractivity contribution is -0.274. The molecule has 0 aliphatic heterocycles. The minimum Gasteiger partial charge on any atom is -0.406 e. The topological polar surface area (TPSA) is 77.2 Å². The summed E-state index contributed by atoms with van der Waals surface area (Å²) in [5.41, 5.74) is 0.941. The third-order valence-corrected chi connectivity index (χ3v) is 3.25. The monoisotopic (exact) mass is 363 g/mol. The van der Waals surface area contributed by atoms with Gasteiger partial charge in [-0.05, 0) is 36.4 Å². The van der Waals surface area contributed by atoms with E-state index in [0.29, 0.717) is 11.1 Å². The molecular formula is C17H12F3N3O3. The SMILES string of the molecule is O=C(NCc1nc(-c2ccc(OC(F)(F)F)cc2)no1)c1ccccc1. The van der Waals surface area contributed by atoms with Gasteiger partial charge in [0, 0.05) is 11.1 Å². The lowest BCUT2D eigenvalue weighted by Gasteiger charge is -2.08. The molecule has 0 radical (unpaired) electrons. The molecule has 1 N–H and O–H groups in total. The molecule has 1 aromatic heterocycles. The first-order valence-corrected chi connectivity index (χ1v) is 7.43. The van der Waals surface area contributed by atoms with E-state index in [4.69, 9.17) is 4.52 Å². The van der Waals surface area contributed by atoms with E-state index in [9.17, 15) is 18.0 Å². The maximum atomic E-state index is 12.1. The normalized spacial score (nSPS) is 11.2. The fraction of sp³-hybridized carbons (Fsp3) is 0.118. The average molecular weight is 363 g/mol. The number of ether oxygens (including phenoxy) is 1. The summed E-state index contributed by atoms with van der Waals surface area (Å²) in [5, 5.41) is 6.38. The summed E-state index contributed by atoms with van der Waals surface area (Å²) in [6.07, 6.45) is -4.75. The van der Waals surface area contributed by atoms with Crippen molar-refractivity contribution in [1.29, 1.82) is 0 Å². The maximum absolute atomic E-state index is 12.1. The molecule has 6 nitrogen and oxygen atoms in total. The molecule has 1 amide bonds. The fourth-order valence-electron chi connectivity index (χ4n) is 2.10. The molecule has 0 unspecified atom stereocenters. The maximum Gasteiger partial charge on any atom is 0.573 e. The molecule has 3 rings (SSSR count). The van der Waals surface area contributed by atoms with Gasteiger partial charge in [0.15, 0.2) is 0 Å². The number of benzene rings is 2. The average Bonchev–Trinajstić information content (AvgIpc) is 3.09. The smallest absolute Gasteiger partial charge is 0.406 e. The third kappa shape index (κ3) is 4.59. The number of nitrogens with one attached hydrogen (secondary N) is 1. The molecule has 0 spiro atoms. The number of rotatable bonds is 5. The standard InChI is InChI=1S/C17H12F3N3O3/c18-17(19,20)25-13-8-6-11(7-9-13)15-22-14(26-23-15)10-21-16(24)12-4-2-1-3-5-12/h1-9H,10H2,(H,21,24). The summed E-state index contributed by atoms with van der Waals surface area (Å²) >= 11 is 0. The third-order valence-electron chi connectivity index (χ3n) is 3.25. The molecule has 134 valence electrons. The van der Waals surface area contributed by atoms with Crippen LogP contribution < -0.4 is 10.1 Å².